The summed E-state index contributed by atoms with van der Waals surface area (Å²) in [6.07, 6.45) is 0. The van der Waals surface area contributed by atoms with Crippen molar-refractivity contribution in [1.29, 1.82) is 0 Å². The van der Waals surface area contributed by atoms with E-state index in [1.807, 2.05) is 0 Å². The SMILES string of the molecule is C=C(C)C(=O)OCNC(N)=O. The van der Waals surface area contributed by atoms with Crippen LogP contribution in [0.1, 0.15) is 6.92 Å². The normalized spacial score (nSPS) is 8.45. The maximum atomic E-state index is 10.6. The van der Waals surface area contributed by atoms with Gasteiger partial charge in [-0.3, -0.25) is 0 Å². The molecule has 5 heteroatoms. The predicted octanol–water partition coefficient (Wildman–Crippen LogP) is -0.268. The summed E-state index contributed by atoms with van der Waals surface area (Å²) >= 11 is 0. The third-order valence-corrected chi connectivity index (χ3v) is 0.798. The summed E-state index contributed by atoms with van der Waals surface area (Å²) < 4.78 is 4.46. The van der Waals surface area contributed by atoms with Crippen molar-refractivity contribution < 1.29 is 14.3 Å². The van der Waals surface area contributed by atoms with Crippen molar-refractivity contribution in [2.75, 3.05) is 6.73 Å². The van der Waals surface area contributed by atoms with Crippen molar-refractivity contribution >= 4 is 12.0 Å². The van der Waals surface area contributed by atoms with Crippen LogP contribution in [0.3, 0.4) is 0 Å². The minimum atomic E-state index is -0.737. The zero-order valence-electron chi connectivity index (χ0n) is 6.22. The number of primary amides is 1. The van der Waals surface area contributed by atoms with Gasteiger partial charge in [-0.25, -0.2) is 9.59 Å². The first-order valence-electron chi connectivity index (χ1n) is 2.90. The molecule has 0 aromatic heterocycles. The van der Waals surface area contributed by atoms with E-state index in [1.54, 1.807) is 0 Å². The standard InChI is InChI=1S/C6H10N2O3/c1-4(2)5(9)11-3-8-6(7)10/h1,3H2,2H3,(H3,7,8,10). The number of urea groups is 1. The molecule has 0 fully saturated rings. The van der Waals surface area contributed by atoms with E-state index in [-0.39, 0.29) is 12.3 Å². The Hall–Kier alpha value is -1.52. The van der Waals surface area contributed by atoms with Gasteiger partial charge in [0.15, 0.2) is 6.73 Å². The second kappa shape index (κ2) is 4.32. The van der Waals surface area contributed by atoms with E-state index in [9.17, 15) is 9.59 Å². The average Bonchev–Trinajstić information content (AvgIpc) is 1.86. The van der Waals surface area contributed by atoms with Gasteiger partial charge in [0.2, 0.25) is 0 Å². The van der Waals surface area contributed by atoms with Crippen LogP contribution in [0.15, 0.2) is 12.2 Å². The highest BCUT2D eigenvalue weighted by molar-refractivity contribution is 5.87. The Balaban J connectivity index is 3.47. The third kappa shape index (κ3) is 4.95. The number of hydrogen-bond acceptors (Lipinski definition) is 3. The molecule has 0 saturated carbocycles. The van der Waals surface area contributed by atoms with Crippen molar-refractivity contribution in [2.24, 2.45) is 5.73 Å². The summed E-state index contributed by atoms with van der Waals surface area (Å²) in [4.78, 5) is 20.7. The molecule has 0 aliphatic rings. The van der Waals surface area contributed by atoms with Gasteiger partial charge >= 0.3 is 12.0 Å². The molecular formula is C6H10N2O3. The van der Waals surface area contributed by atoms with Crippen LogP contribution in [-0.2, 0) is 9.53 Å². The van der Waals surface area contributed by atoms with Gasteiger partial charge in [0.25, 0.3) is 0 Å². The van der Waals surface area contributed by atoms with Gasteiger partial charge in [-0.1, -0.05) is 6.58 Å². The number of nitrogens with two attached hydrogens (primary N) is 1. The first-order valence-corrected chi connectivity index (χ1v) is 2.90. The molecule has 0 bridgehead atoms. The highest BCUT2D eigenvalue weighted by atomic mass is 16.5. The zero-order chi connectivity index (χ0) is 8.85. The number of amides is 2. The summed E-state index contributed by atoms with van der Waals surface area (Å²) in [5, 5.41) is 2.09. The van der Waals surface area contributed by atoms with E-state index in [1.165, 1.54) is 6.92 Å². The van der Waals surface area contributed by atoms with Crippen molar-refractivity contribution in [3.63, 3.8) is 0 Å². The molecule has 0 aromatic carbocycles. The van der Waals surface area contributed by atoms with E-state index in [0.717, 1.165) is 0 Å². The Morgan fingerprint density at radius 2 is 2.18 bits per heavy atom. The molecule has 0 aromatic rings. The van der Waals surface area contributed by atoms with Crippen molar-refractivity contribution in [1.82, 2.24) is 5.32 Å². The largest absolute Gasteiger partial charge is 0.441 e. The van der Waals surface area contributed by atoms with Gasteiger partial charge in [-0.05, 0) is 6.92 Å². The summed E-state index contributed by atoms with van der Waals surface area (Å²) in [5.41, 5.74) is 4.97. The second-order valence-electron chi connectivity index (χ2n) is 1.90. The number of nitrogens with one attached hydrogen (secondary N) is 1. The Kier molecular flexibility index (Phi) is 3.72. The van der Waals surface area contributed by atoms with Crippen LogP contribution in [0.4, 0.5) is 4.79 Å². The highest BCUT2D eigenvalue weighted by Gasteiger charge is 2.01. The summed E-state index contributed by atoms with van der Waals surface area (Å²) in [6.45, 7) is 4.62. The average molecular weight is 158 g/mol. The molecule has 0 radical (unpaired) electrons. The molecule has 62 valence electrons. The van der Waals surface area contributed by atoms with E-state index < -0.39 is 12.0 Å². The molecule has 3 N–H and O–H groups in total. The Morgan fingerprint density at radius 3 is 2.55 bits per heavy atom. The van der Waals surface area contributed by atoms with Crippen LogP contribution in [0.2, 0.25) is 0 Å². The monoisotopic (exact) mass is 158 g/mol. The molecular weight excluding hydrogens is 148 g/mol. The van der Waals surface area contributed by atoms with Crippen LogP contribution >= 0.6 is 0 Å². The van der Waals surface area contributed by atoms with Crippen LogP contribution in [0.25, 0.3) is 0 Å². The molecule has 0 aliphatic carbocycles. The van der Waals surface area contributed by atoms with Gasteiger partial charge in [0, 0.05) is 5.57 Å². The molecule has 2 amide bonds. The van der Waals surface area contributed by atoms with Crippen molar-refractivity contribution in [3.05, 3.63) is 12.2 Å². The van der Waals surface area contributed by atoms with Gasteiger partial charge in [0.05, 0.1) is 0 Å². The Morgan fingerprint density at radius 1 is 1.64 bits per heavy atom. The lowest BCUT2D eigenvalue weighted by Crippen LogP contribution is -2.32. The molecule has 5 nitrogen and oxygen atoms in total. The summed E-state index contributed by atoms with van der Waals surface area (Å²) in [5.74, 6) is -0.557. The van der Waals surface area contributed by atoms with Crippen LogP contribution < -0.4 is 11.1 Å². The van der Waals surface area contributed by atoms with Crippen LogP contribution in [-0.4, -0.2) is 18.7 Å². The maximum absolute atomic E-state index is 10.6. The van der Waals surface area contributed by atoms with Crippen molar-refractivity contribution in [2.45, 2.75) is 6.92 Å². The predicted molar refractivity (Wildman–Crippen MR) is 38.5 cm³/mol. The first-order chi connectivity index (χ1) is 5.04. The lowest BCUT2D eigenvalue weighted by atomic mass is 10.4. The quantitative estimate of drug-likeness (QED) is 0.337. The fourth-order valence-corrected chi connectivity index (χ4v) is 0.296. The van der Waals surface area contributed by atoms with E-state index >= 15 is 0 Å². The molecule has 0 unspecified atom stereocenters. The first kappa shape index (κ1) is 9.48. The third-order valence-electron chi connectivity index (χ3n) is 0.798. The molecule has 0 spiro atoms. The van der Waals surface area contributed by atoms with Gasteiger partial charge in [-0.15, -0.1) is 0 Å². The lowest BCUT2D eigenvalue weighted by Gasteiger charge is -2.02. The molecule has 11 heavy (non-hydrogen) atoms. The molecule has 0 heterocycles. The smallest absolute Gasteiger partial charge is 0.334 e. The Labute approximate surface area is 64.2 Å². The van der Waals surface area contributed by atoms with Crippen LogP contribution in [0, 0.1) is 0 Å². The summed E-state index contributed by atoms with van der Waals surface area (Å²) in [6, 6.07) is -0.737. The van der Waals surface area contributed by atoms with E-state index in [2.05, 4.69) is 16.6 Å². The minimum absolute atomic E-state index is 0.221. The highest BCUT2D eigenvalue weighted by Crippen LogP contribution is 1.89. The van der Waals surface area contributed by atoms with Gasteiger partial charge < -0.3 is 15.8 Å². The minimum Gasteiger partial charge on any atom is -0.441 e. The van der Waals surface area contributed by atoms with Crippen LogP contribution in [0.5, 0.6) is 0 Å². The maximum Gasteiger partial charge on any atom is 0.334 e. The van der Waals surface area contributed by atoms with E-state index in [4.69, 9.17) is 5.73 Å². The van der Waals surface area contributed by atoms with Gasteiger partial charge in [-0.2, -0.15) is 0 Å². The number of rotatable bonds is 3. The van der Waals surface area contributed by atoms with Crippen molar-refractivity contribution in [3.8, 4) is 0 Å². The number of carbonyl (C=O) groups excluding carboxylic acids is 2. The number of ether oxygens (including phenoxy) is 1. The topological polar surface area (TPSA) is 81.4 Å². The molecule has 0 saturated heterocycles. The summed E-state index contributed by atoms with van der Waals surface area (Å²) in [7, 11) is 0. The number of hydrogen-bond donors (Lipinski definition) is 2. The van der Waals surface area contributed by atoms with Gasteiger partial charge in [0.1, 0.15) is 0 Å². The number of carbonyl (C=O) groups is 2. The molecule has 0 aliphatic heterocycles. The van der Waals surface area contributed by atoms with E-state index in [0.29, 0.717) is 0 Å². The fourth-order valence-electron chi connectivity index (χ4n) is 0.296. The zero-order valence-corrected chi connectivity index (χ0v) is 6.22. The number of esters is 1. The lowest BCUT2D eigenvalue weighted by molar-refractivity contribution is -0.139. The second-order valence-corrected chi connectivity index (χ2v) is 1.90. The molecule has 0 atom stereocenters. The Bertz CT molecular complexity index is 188. The molecule has 0 rings (SSSR count). The fraction of sp³-hybridized carbons (Fsp3) is 0.333.